The van der Waals surface area contributed by atoms with E-state index in [0.29, 0.717) is 30.0 Å². The van der Waals surface area contributed by atoms with E-state index in [-0.39, 0.29) is 0 Å². The summed E-state index contributed by atoms with van der Waals surface area (Å²) in [5, 5.41) is 3.38. The van der Waals surface area contributed by atoms with Crippen molar-refractivity contribution in [2.75, 3.05) is 20.3 Å². The molecule has 0 unspecified atom stereocenters. The minimum absolute atomic E-state index is 0.295. The normalized spacial score (nSPS) is 11.1. The second-order valence-electron chi connectivity index (χ2n) is 7.86. The van der Waals surface area contributed by atoms with Gasteiger partial charge in [-0.25, -0.2) is 9.59 Å². The van der Waals surface area contributed by atoms with E-state index in [1.54, 1.807) is 39.1 Å². The highest BCUT2D eigenvalue weighted by Crippen LogP contribution is 2.30. The van der Waals surface area contributed by atoms with E-state index in [2.05, 4.69) is 10.3 Å². The molecule has 31 heavy (non-hydrogen) atoms. The summed E-state index contributed by atoms with van der Waals surface area (Å²) in [5.41, 5.74) is 2.16. The minimum Gasteiger partial charge on any atom is -0.492 e. The van der Waals surface area contributed by atoms with E-state index in [1.165, 1.54) is 7.11 Å². The number of hydrogen-bond acceptors (Lipinski definition) is 6. The molecule has 3 rings (SSSR count). The number of alkyl carbamates (subject to hydrolysis) is 1. The van der Waals surface area contributed by atoms with Gasteiger partial charge >= 0.3 is 12.1 Å². The van der Waals surface area contributed by atoms with Crippen molar-refractivity contribution in [1.29, 1.82) is 0 Å². The van der Waals surface area contributed by atoms with E-state index in [0.717, 1.165) is 16.5 Å². The van der Waals surface area contributed by atoms with Gasteiger partial charge in [-0.3, -0.25) is 4.98 Å². The van der Waals surface area contributed by atoms with Gasteiger partial charge in [0.25, 0.3) is 0 Å². The van der Waals surface area contributed by atoms with Crippen LogP contribution in [0.15, 0.2) is 54.7 Å². The molecule has 0 spiro atoms. The van der Waals surface area contributed by atoms with Gasteiger partial charge in [0.05, 0.1) is 24.7 Å². The highest BCUT2D eigenvalue weighted by molar-refractivity contribution is 6.09. The highest BCUT2D eigenvalue weighted by atomic mass is 16.6. The molecule has 3 aromatic rings. The number of methoxy groups -OCH3 is 1. The Morgan fingerprint density at radius 3 is 2.42 bits per heavy atom. The molecule has 0 aliphatic carbocycles. The quantitative estimate of drug-likeness (QED) is 0.462. The number of fused-ring (bicyclic) bond motifs is 1. The first-order valence-electron chi connectivity index (χ1n) is 9.94. The first-order valence-corrected chi connectivity index (χ1v) is 9.94. The summed E-state index contributed by atoms with van der Waals surface area (Å²) in [4.78, 5) is 28.6. The standard InChI is InChI=1S/C24H26N2O5/c1-24(2,3)31-23(28)25-13-14-30-17-11-9-16(10-12-17)19-15-26-20-8-6-5-7-18(20)21(19)22(27)29-4/h5-12,15H,13-14H2,1-4H3,(H,25,28). The second kappa shape index (κ2) is 9.47. The lowest BCUT2D eigenvalue weighted by Gasteiger charge is -2.19. The summed E-state index contributed by atoms with van der Waals surface area (Å²) in [6, 6.07) is 14.8. The molecular formula is C24H26N2O5. The van der Waals surface area contributed by atoms with Crippen molar-refractivity contribution >= 4 is 23.0 Å². The van der Waals surface area contributed by atoms with Crippen LogP contribution in [0.1, 0.15) is 31.1 Å². The van der Waals surface area contributed by atoms with E-state index >= 15 is 0 Å². The summed E-state index contributed by atoms with van der Waals surface area (Å²) in [6.07, 6.45) is 1.19. The molecular weight excluding hydrogens is 396 g/mol. The molecule has 2 aromatic carbocycles. The van der Waals surface area contributed by atoms with Crippen LogP contribution in [0, 0.1) is 0 Å². The molecule has 0 aliphatic heterocycles. The third-order valence-electron chi connectivity index (χ3n) is 4.37. The largest absolute Gasteiger partial charge is 0.492 e. The van der Waals surface area contributed by atoms with Gasteiger partial charge in [-0.2, -0.15) is 0 Å². The van der Waals surface area contributed by atoms with Gasteiger partial charge in [0.2, 0.25) is 0 Å². The van der Waals surface area contributed by atoms with Crippen LogP contribution in [0.4, 0.5) is 4.79 Å². The summed E-state index contributed by atoms with van der Waals surface area (Å²) in [7, 11) is 1.36. The first-order chi connectivity index (χ1) is 14.8. The Morgan fingerprint density at radius 1 is 1.03 bits per heavy atom. The number of nitrogens with one attached hydrogen (secondary N) is 1. The molecule has 0 saturated carbocycles. The number of esters is 1. The molecule has 0 saturated heterocycles. The summed E-state index contributed by atoms with van der Waals surface area (Å²) < 4.78 is 15.9. The van der Waals surface area contributed by atoms with Gasteiger partial charge in [-0.1, -0.05) is 30.3 Å². The van der Waals surface area contributed by atoms with E-state index in [4.69, 9.17) is 14.2 Å². The van der Waals surface area contributed by atoms with Gasteiger partial charge < -0.3 is 19.5 Å². The third-order valence-corrected chi connectivity index (χ3v) is 4.37. The van der Waals surface area contributed by atoms with Crippen LogP contribution in [0.25, 0.3) is 22.0 Å². The number of para-hydroxylation sites is 1. The predicted molar refractivity (Wildman–Crippen MR) is 118 cm³/mol. The molecule has 0 fully saturated rings. The molecule has 162 valence electrons. The zero-order chi connectivity index (χ0) is 22.4. The van der Waals surface area contributed by atoms with Crippen molar-refractivity contribution in [3.8, 4) is 16.9 Å². The van der Waals surface area contributed by atoms with Crippen molar-refractivity contribution in [1.82, 2.24) is 10.3 Å². The fourth-order valence-electron chi connectivity index (χ4n) is 3.05. The number of hydrogen-bond donors (Lipinski definition) is 1. The van der Waals surface area contributed by atoms with Crippen LogP contribution in [0.3, 0.4) is 0 Å². The maximum Gasteiger partial charge on any atom is 0.407 e. The molecule has 1 aromatic heterocycles. The highest BCUT2D eigenvalue weighted by Gasteiger charge is 2.18. The number of aromatic nitrogens is 1. The lowest BCUT2D eigenvalue weighted by atomic mass is 9.98. The lowest BCUT2D eigenvalue weighted by molar-refractivity contribution is 0.0519. The van der Waals surface area contributed by atoms with Crippen molar-refractivity contribution in [2.24, 2.45) is 0 Å². The lowest BCUT2D eigenvalue weighted by Crippen LogP contribution is -2.34. The number of benzene rings is 2. The molecule has 7 heteroatoms. The molecule has 7 nitrogen and oxygen atoms in total. The van der Waals surface area contributed by atoms with Gasteiger partial charge in [-0.05, 0) is 44.5 Å². The van der Waals surface area contributed by atoms with E-state index in [9.17, 15) is 9.59 Å². The molecule has 0 bridgehead atoms. The number of nitrogens with zero attached hydrogens (tertiary/aromatic N) is 1. The van der Waals surface area contributed by atoms with Crippen LogP contribution in [-0.2, 0) is 9.47 Å². The van der Waals surface area contributed by atoms with Gasteiger partial charge in [0.1, 0.15) is 18.0 Å². The molecule has 1 heterocycles. The van der Waals surface area contributed by atoms with Crippen LogP contribution in [0.2, 0.25) is 0 Å². The predicted octanol–water partition coefficient (Wildman–Crippen LogP) is 4.59. The Balaban J connectivity index is 1.70. The zero-order valence-electron chi connectivity index (χ0n) is 18.1. The number of pyridine rings is 1. The Hall–Kier alpha value is -3.61. The first kappa shape index (κ1) is 22.1. The average Bonchev–Trinajstić information content (AvgIpc) is 2.74. The van der Waals surface area contributed by atoms with E-state index in [1.807, 2.05) is 36.4 Å². The Bertz CT molecular complexity index is 1070. The van der Waals surface area contributed by atoms with E-state index < -0.39 is 17.7 Å². The Kier molecular flexibility index (Phi) is 6.74. The monoisotopic (exact) mass is 422 g/mol. The maximum atomic E-state index is 12.5. The zero-order valence-corrected chi connectivity index (χ0v) is 18.1. The summed E-state index contributed by atoms with van der Waals surface area (Å²) in [6.45, 7) is 6.03. The smallest absolute Gasteiger partial charge is 0.407 e. The number of carbonyl (C=O) groups is 2. The van der Waals surface area contributed by atoms with Crippen molar-refractivity contribution in [3.05, 3.63) is 60.3 Å². The number of ether oxygens (including phenoxy) is 3. The van der Waals surface area contributed by atoms with Crippen LogP contribution in [0.5, 0.6) is 5.75 Å². The van der Waals surface area contributed by atoms with Crippen LogP contribution < -0.4 is 10.1 Å². The molecule has 1 N–H and O–H groups in total. The average molecular weight is 422 g/mol. The van der Waals surface area contributed by atoms with Gasteiger partial charge in [-0.15, -0.1) is 0 Å². The van der Waals surface area contributed by atoms with Crippen molar-refractivity contribution in [3.63, 3.8) is 0 Å². The fourth-order valence-corrected chi connectivity index (χ4v) is 3.05. The van der Waals surface area contributed by atoms with Crippen LogP contribution >= 0.6 is 0 Å². The molecule has 0 atom stereocenters. The van der Waals surface area contributed by atoms with Gasteiger partial charge in [0.15, 0.2) is 0 Å². The summed E-state index contributed by atoms with van der Waals surface area (Å²) >= 11 is 0. The topological polar surface area (TPSA) is 86.8 Å². The fraction of sp³-hybridized carbons (Fsp3) is 0.292. The molecule has 0 aliphatic rings. The molecule has 0 radical (unpaired) electrons. The third kappa shape index (κ3) is 5.72. The maximum absolute atomic E-state index is 12.5. The van der Waals surface area contributed by atoms with Gasteiger partial charge in [0, 0.05) is 17.1 Å². The second-order valence-corrected chi connectivity index (χ2v) is 7.86. The van der Waals surface area contributed by atoms with Crippen molar-refractivity contribution in [2.45, 2.75) is 26.4 Å². The van der Waals surface area contributed by atoms with Crippen LogP contribution in [-0.4, -0.2) is 42.9 Å². The Labute approximate surface area is 181 Å². The Morgan fingerprint density at radius 2 is 1.74 bits per heavy atom. The number of carbonyl (C=O) groups excluding carboxylic acids is 2. The number of amides is 1. The number of rotatable bonds is 6. The SMILES string of the molecule is COC(=O)c1c(-c2ccc(OCCNC(=O)OC(C)(C)C)cc2)cnc2ccccc12. The van der Waals surface area contributed by atoms with Crippen molar-refractivity contribution < 1.29 is 23.8 Å². The molecule has 1 amide bonds. The summed E-state index contributed by atoms with van der Waals surface area (Å²) in [5.74, 6) is 0.227. The minimum atomic E-state index is -0.540.